The molecule has 116 valence electrons. The summed E-state index contributed by atoms with van der Waals surface area (Å²) in [7, 11) is 4.02. The number of halogens is 1. The van der Waals surface area contributed by atoms with E-state index in [1.165, 1.54) is 0 Å². The van der Waals surface area contributed by atoms with Crippen LogP contribution in [0.15, 0.2) is 35.9 Å². The Labute approximate surface area is 133 Å². The SMILES string of the molecule is CCC=C(C)C(=O)N(CCN(C)C)Cc1cccc(Cl)c1. The molecule has 0 aliphatic rings. The van der Waals surface area contributed by atoms with E-state index in [4.69, 9.17) is 11.6 Å². The zero-order valence-corrected chi connectivity index (χ0v) is 14.2. The molecule has 1 amide bonds. The summed E-state index contributed by atoms with van der Waals surface area (Å²) < 4.78 is 0. The van der Waals surface area contributed by atoms with Crippen molar-refractivity contribution in [3.8, 4) is 0 Å². The summed E-state index contributed by atoms with van der Waals surface area (Å²) in [4.78, 5) is 16.5. The van der Waals surface area contributed by atoms with Crippen LogP contribution in [-0.4, -0.2) is 42.9 Å². The lowest BCUT2D eigenvalue weighted by molar-refractivity contribution is -0.127. The molecule has 0 aromatic heterocycles. The van der Waals surface area contributed by atoms with Crippen LogP contribution in [-0.2, 0) is 11.3 Å². The molecule has 4 heteroatoms. The number of amides is 1. The number of carbonyl (C=O) groups is 1. The molecule has 0 radical (unpaired) electrons. The predicted molar refractivity (Wildman–Crippen MR) is 89.5 cm³/mol. The number of rotatable bonds is 7. The quantitative estimate of drug-likeness (QED) is 0.719. The van der Waals surface area contributed by atoms with Crippen molar-refractivity contribution in [2.45, 2.75) is 26.8 Å². The third kappa shape index (κ3) is 6.32. The zero-order chi connectivity index (χ0) is 15.8. The fourth-order valence-electron chi connectivity index (χ4n) is 2.07. The molecule has 0 atom stereocenters. The molecule has 0 aliphatic carbocycles. The molecule has 0 N–H and O–H groups in total. The van der Waals surface area contributed by atoms with E-state index < -0.39 is 0 Å². The summed E-state index contributed by atoms with van der Waals surface area (Å²) in [6.45, 7) is 6.05. The van der Waals surface area contributed by atoms with Crippen LogP contribution < -0.4 is 0 Å². The van der Waals surface area contributed by atoms with Crippen molar-refractivity contribution in [3.63, 3.8) is 0 Å². The van der Waals surface area contributed by atoms with Gasteiger partial charge in [-0.3, -0.25) is 4.79 Å². The maximum Gasteiger partial charge on any atom is 0.249 e. The molecule has 0 unspecified atom stereocenters. The predicted octanol–water partition coefficient (Wildman–Crippen LogP) is 3.59. The fraction of sp³-hybridized carbons (Fsp3) is 0.471. The number of likely N-dealkylation sites (N-methyl/N-ethyl adjacent to an activating group) is 1. The van der Waals surface area contributed by atoms with Crippen molar-refractivity contribution in [1.29, 1.82) is 0 Å². The van der Waals surface area contributed by atoms with Gasteiger partial charge in [-0.1, -0.05) is 36.7 Å². The lowest BCUT2D eigenvalue weighted by atomic mass is 10.1. The number of nitrogens with zero attached hydrogens (tertiary/aromatic N) is 2. The Bertz CT molecular complexity index is 497. The topological polar surface area (TPSA) is 23.6 Å². The van der Waals surface area contributed by atoms with Crippen molar-refractivity contribution in [2.24, 2.45) is 0 Å². The molecule has 0 saturated heterocycles. The molecule has 1 rings (SSSR count). The Balaban J connectivity index is 2.86. The highest BCUT2D eigenvalue weighted by Gasteiger charge is 2.15. The molecule has 0 aliphatic heterocycles. The molecule has 3 nitrogen and oxygen atoms in total. The van der Waals surface area contributed by atoms with E-state index in [-0.39, 0.29) is 5.91 Å². The van der Waals surface area contributed by atoms with E-state index >= 15 is 0 Å². The largest absolute Gasteiger partial charge is 0.333 e. The van der Waals surface area contributed by atoms with E-state index in [1.54, 1.807) is 0 Å². The first-order valence-corrected chi connectivity index (χ1v) is 7.67. The van der Waals surface area contributed by atoms with Gasteiger partial charge in [-0.25, -0.2) is 0 Å². The van der Waals surface area contributed by atoms with Gasteiger partial charge < -0.3 is 9.80 Å². The highest BCUT2D eigenvalue weighted by Crippen LogP contribution is 2.14. The minimum atomic E-state index is 0.0960. The van der Waals surface area contributed by atoms with Gasteiger partial charge in [-0.05, 0) is 45.1 Å². The van der Waals surface area contributed by atoms with Gasteiger partial charge in [0.25, 0.3) is 0 Å². The summed E-state index contributed by atoms with van der Waals surface area (Å²) >= 11 is 6.02. The molecule has 1 aromatic rings. The first-order chi connectivity index (χ1) is 9.93. The second-order valence-corrected chi connectivity index (χ2v) is 5.89. The van der Waals surface area contributed by atoms with Crippen LogP contribution in [0.25, 0.3) is 0 Å². The van der Waals surface area contributed by atoms with Crippen LogP contribution in [0.3, 0.4) is 0 Å². The Kier molecular flexibility index (Phi) is 7.48. The van der Waals surface area contributed by atoms with Gasteiger partial charge >= 0.3 is 0 Å². The van der Waals surface area contributed by atoms with Crippen molar-refractivity contribution in [2.75, 3.05) is 27.2 Å². The molecule has 21 heavy (non-hydrogen) atoms. The highest BCUT2D eigenvalue weighted by atomic mass is 35.5. The van der Waals surface area contributed by atoms with Crippen LogP contribution in [0.4, 0.5) is 0 Å². The lowest BCUT2D eigenvalue weighted by Crippen LogP contribution is -2.36. The van der Waals surface area contributed by atoms with Gasteiger partial charge in [0.05, 0.1) is 0 Å². The average Bonchev–Trinajstić information content (AvgIpc) is 2.42. The van der Waals surface area contributed by atoms with Crippen LogP contribution >= 0.6 is 11.6 Å². The smallest absolute Gasteiger partial charge is 0.249 e. The molecule has 0 bridgehead atoms. The van der Waals surface area contributed by atoms with Crippen LogP contribution in [0.2, 0.25) is 5.02 Å². The summed E-state index contributed by atoms with van der Waals surface area (Å²) in [5.41, 5.74) is 1.86. The van der Waals surface area contributed by atoms with E-state index in [1.807, 2.05) is 63.2 Å². The fourth-order valence-corrected chi connectivity index (χ4v) is 2.28. The second kappa shape index (κ2) is 8.85. The number of carbonyl (C=O) groups excluding carboxylic acids is 1. The monoisotopic (exact) mass is 308 g/mol. The van der Waals surface area contributed by atoms with Gasteiger partial charge in [-0.15, -0.1) is 0 Å². The molecule has 0 fully saturated rings. The Morgan fingerprint density at radius 1 is 1.29 bits per heavy atom. The normalized spacial score (nSPS) is 11.8. The first-order valence-electron chi connectivity index (χ1n) is 7.29. The zero-order valence-electron chi connectivity index (χ0n) is 13.4. The first kappa shape index (κ1) is 17.7. The maximum atomic E-state index is 12.5. The lowest BCUT2D eigenvalue weighted by Gasteiger charge is -2.25. The maximum absolute atomic E-state index is 12.5. The molecule has 0 spiro atoms. The van der Waals surface area contributed by atoms with Crippen molar-refractivity contribution < 1.29 is 4.79 Å². The molecular formula is C17H25ClN2O. The summed E-state index contributed by atoms with van der Waals surface area (Å²) in [5.74, 6) is 0.0960. The van der Waals surface area contributed by atoms with Gasteiger partial charge in [0, 0.05) is 30.2 Å². The van der Waals surface area contributed by atoms with Crippen LogP contribution in [0.5, 0.6) is 0 Å². The van der Waals surface area contributed by atoms with Crippen LogP contribution in [0.1, 0.15) is 25.8 Å². The van der Waals surface area contributed by atoms with Gasteiger partial charge in [0.1, 0.15) is 0 Å². The molecule has 0 saturated carbocycles. The number of hydrogen-bond donors (Lipinski definition) is 0. The standard InChI is InChI=1S/C17H25ClN2O/c1-5-7-14(2)17(21)20(11-10-19(3)4)13-15-8-6-9-16(18)12-15/h6-9,12H,5,10-11,13H2,1-4H3. The van der Waals surface area contributed by atoms with Crippen molar-refractivity contribution in [1.82, 2.24) is 9.80 Å². The Morgan fingerprint density at radius 3 is 2.57 bits per heavy atom. The van der Waals surface area contributed by atoms with Crippen LogP contribution in [0, 0.1) is 0 Å². The van der Waals surface area contributed by atoms with Crippen molar-refractivity contribution >= 4 is 17.5 Å². The molecule has 1 aromatic carbocycles. The number of allylic oxidation sites excluding steroid dienone is 1. The minimum Gasteiger partial charge on any atom is -0.333 e. The van der Waals surface area contributed by atoms with Crippen molar-refractivity contribution in [3.05, 3.63) is 46.5 Å². The second-order valence-electron chi connectivity index (χ2n) is 5.46. The summed E-state index contributed by atoms with van der Waals surface area (Å²) in [6, 6.07) is 7.68. The third-order valence-corrected chi connectivity index (χ3v) is 3.45. The number of hydrogen-bond acceptors (Lipinski definition) is 2. The Hall–Kier alpha value is -1.32. The minimum absolute atomic E-state index is 0.0960. The van der Waals surface area contributed by atoms with Gasteiger partial charge in [-0.2, -0.15) is 0 Å². The van der Waals surface area contributed by atoms with E-state index in [0.29, 0.717) is 18.1 Å². The molecule has 0 heterocycles. The van der Waals surface area contributed by atoms with Gasteiger partial charge in [0.15, 0.2) is 0 Å². The van der Waals surface area contributed by atoms with E-state index in [2.05, 4.69) is 4.90 Å². The number of benzene rings is 1. The Morgan fingerprint density at radius 2 is 2.00 bits per heavy atom. The van der Waals surface area contributed by atoms with Gasteiger partial charge in [0.2, 0.25) is 5.91 Å². The highest BCUT2D eigenvalue weighted by molar-refractivity contribution is 6.30. The summed E-state index contributed by atoms with van der Waals surface area (Å²) in [6.07, 6.45) is 2.85. The van der Waals surface area contributed by atoms with E-state index in [0.717, 1.165) is 24.1 Å². The summed E-state index contributed by atoms with van der Waals surface area (Å²) in [5, 5.41) is 0.702. The molecular weight excluding hydrogens is 284 g/mol. The van der Waals surface area contributed by atoms with E-state index in [9.17, 15) is 4.79 Å². The average molecular weight is 309 g/mol. The third-order valence-electron chi connectivity index (χ3n) is 3.21.